The highest BCUT2D eigenvalue weighted by Crippen LogP contribution is 2.32. The van der Waals surface area contributed by atoms with Crippen LogP contribution in [0, 0.1) is 23.7 Å². The predicted molar refractivity (Wildman–Crippen MR) is 119 cm³/mol. The predicted octanol–water partition coefficient (Wildman–Crippen LogP) is 6.81. The van der Waals surface area contributed by atoms with E-state index in [0.717, 1.165) is 57.2 Å². The molecule has 0 saturated heterocycles. The molecule has 2 nitrogen and oxygen atoms in total. The molecule has 0 radical (unpaired) electrons. The first-order valence-electron chi connectivity index (χ1n) is 11.0. The summed E-state index contributed by atoms with van der Waals surface area (Å²) in [5.41, 5.74) is 18.3. The summed E-state index contributed by atoms with van der Waals surface area (Å²) in [5.74, 6) is 2.62. The van der Waals surface area contributed by atoms with Crippen LogP contribution >= 0.6 is 0 Å². The average molecular weight is 365 g/mol. The zero-order chi connectivity index (χ0) is 20.3. The van der Waals surface area contributed by atoms with Crippen molar-refractivity contribution in [3.63, 3.8) is 0 Å². The Hall–Kier alpha value is -0.760. The molecule has 4 N–H and O–H groups in total. The third-order valence-corrected chi connectivity index (χ3v) is 4.63. The van der Waals surface area contributed by atoms with E-state index in [1.165, 1.54) is 11.1 Å². The van der Waals surface area contributed by atoms with E-state index in [-0.39, 0.29) is 0 Å². The van der Waals surface area contributed by atoms with Gasteiger partial charge in [-0.05, 0) is 86.3 Å². The van der Waals surface area contributed by atoms with Gasteiger partial charge in [-0.15, -0.1) is 0 Å². The second-order valence-corrected chi connectivity index (χ2v) is 9.74. The maximum Gasteiger partial charge on any atom is 0.0338 e. The number of nitrogens with two attached hydrogens (primary N) is 2. The number of hydrogen-bond donors (Lipinski definition) is 2. The summed E-state index contributed by atoms with van der Waals surface area (Å²) >= 11 is 0. The Labute approximate surface area is 164 Å². The summed E-state index contributed by atoms with van der Waals surface area (Å²) in [7, 11) is 0. The largest absolute Gasteiger partial charge is 0.399 e. The van der Waals surface area contributed by atoms with Crippen LogP contribution < -0.4 is 11.5 Å². The molecule has 2 heteroatoms. The van der Waals surface area contributed by atoms with E-state index in [0.29, 0.717) is 23.7 Å². The molecule has 0 saturated carbocycles. The van der Waals surface area contributed by atoms with Crippen molar-refractivity contribution < 1.29 is 0 Å². The fourth-order valence-electron chi connectivity index (χ4n) is 3.77. The van der Waals surface area contributed by atoms with Gasteiger partial charge in [-0.25, -0.2) is 0 Å². The number of unbranched alkanes of at least 4 members (excludes halogenated alkanes) is 1. The Balaban J connectivity index is 6.09. The zero-order valence-electron chi connectivity index (χ0n) is 19.1. The molecule has 26 heavy (non-hydrogen) atoms. The highest BCUT2D eigenvalue weighted by Gasteiger charge is 2.17. The number of allylic oxidation sites excluding steroid dienone is 3. The van der Waals surface area contributed by atoms with Gasteiger partial charge in [0.05, 0.1) is 0 Å². The Morgan fingerprint density at radius 2 is 1.00 bits per heavy atom. The van der Waals surface area contributed by atoms with Crippen molar-refractivity contribution in [2.45, 2.75) is 100 Å². The first kappa shape index (κ1) is 25.2. The molecule has 0 aromatic carbocycles. The van der Waals surface area contributed by atoms with Crippen LogP contribution in [0.2, 0.25) is 0 Å². The van der Waals surface area contributed by atoms with Crippen LogP contribution in [0.5, 0.6) is 0 Å². The Morgan fingerprint density at radius 1 is 0.615 bits per heavy atom. The van der Waals surface area contributed by atoms with Gasteiger partial charge in [-0.1, -0.05) is 61.0 Å². The molecule has 154 valence electrons. The first-order chi connectivity index (χ1) is 12.1. The second-order valence-electron chi connectivity index (χ2n) is 9.74. The van der Waals surface area contributed by atoms with Crippen molar-refractivity contribution in [1.82, 2.24) is 0 Å². The Bertz CT molecular complexity index is 415. The molecule has 0 atom stereocenters. The number of rotatable bonds is 13. The van der Waals surface area contributed by atoms with Gasteiger partial charge in [0.1, 0.15) is 0 Å². The molecular formula is C24H48N2. The van der Waals surface area contributed by atoms with Crippen LogP contribution in [0.1, 0.15) is 100 Å². The summed E-state index contributed by atoms with van der Waals surface area (Å²) in [6.07, 6.45) is 7.85. The summed E-state index contributed by atoms with van der Waals surface area (Å²) in [6, 6.07) is 0. The van der Waals surface area contributed by atoms with Gasteiger partial charge in [0, 0.05) is 5.70 Å². The van der Waals surface area contributed by atoms with E-state index >= 15 is 0 Å². The molecule has 0 spiro atoms. The van der Waals surface area contributed by atoms with Crippen LogP contribution in [0.25, 0.3) is 0 Å². The van der Waals surface area contributed by atoms with E-state index in [1.807, 2.05) is 0 Å². The molecular weight excluding hydrogens is 316 g/mol. The molecule has 0 heterocycles. The highest BCUT2D eigenvalue weighted by atomic mass is 14.6. The zero-order valence-corrected chi connectivity index (χ0v) is 19.1. The van der Waals surface area contributed by atoms with Crippen LogP contribution in [0.3, 0.4) is 0 Å². The van der Waals surface area contributed by atoms with Crippen molar-refractivity contribution in [2.75, 3.05) is 6.54 Å². The van der Waals surface area contributed by atoms with Crippen LogP contribution in [0.15, 0.2) is 22.4 Å². The van der Waals surface area contributed by atoms with E-state index in [4.69, 9.17) is 11.5 Å². The fourth-order valence-corrected chi connectivity index (χ4v) is 3.77. The lowest BCUT2D eigenvalue weighted by atomic mass is 9.84. The maximum atomic E-state index is 6.88. The first-order valence-corrected chi connectivity index (χ1v) is 11.0. The minimum Gasteiger partial charge on any atom is -0.399 e. The van der Waals surface area contributed by atoms with Crippen molar-refractivity contribution in [2.24, 2.45) is 35.1 Å². The third kappa shape index (κ3) is 11.1. The van der Waals surface area contributed by atoms with Gasteiger partial charge in [0.15, 0.2) is 0 Å². The van der Waals surface area contributed by atoms with Gasteiger partial charge < -0.3 is 11.5 Å². The van der Waals surface area contributed by atoms with Crippen molar-refractivity contribution in [1.29, 1.82) is 0 Å². The van der Waals surface area contributed by atoms with Gasteiger partial charge >= 0.3 is 0 Å². The lowest BCUT2D eigenvalue weighted by Crippen LogP contribution is -2.14. The summed E-state index contributed by atoms with van der Waals surface area (Å²) in [5, 5.41) is 0. The quantitative estimate of drug-likeness (QED) is 0.278. The van der Waals surface area contributed by atoms with E-state index in [2.05, 4.69) is 55.4 Å². The lowest BCUT2D eigenvalue weighted by molar-refractivity contribution is 0.552. The smallest absolute Gasteiger partial charge is 0.0338 e. The Kier molecular flexibility index (Phi) is 13.0. The average Bonchev–Trinajstić information content (AvgIpc) is 2.48. The van der Waals surface area contributed by atoms with E-state index in [1.54, 1.807) is 5.57 Å². The van der Waals surface area contributed by atoms with E-state index < -0.39 is 0 Å². The fraction of sp³-hybridized carbons (Fsp3) is 0.833. The monoisotopic (exact) mass is 364 g/mol. The molecule has 0 aliphatic heterocycles. The summed E-state index contributed by atoms with van der Waals surface area (Å²) in [6.45, 7) is 19.3. The van der Waals surface area contributed by atoms with Crippen molar-refractivity contribution >= 4 is 0 Å². The molecule has 0 aromatic heterocycles. The summed E-state index contributed by atoms with van der Waals surface area (Å²) < 4.78 is 0. The highest BCUT2D eigenvalue weighted by molar-refractivity contribution is 5.37. The van der Waals surface area contributed by atoms with Crippen molar-refractivity contribution in [3.8, 4) is 0 Å². The van der Waals surface area contributed by atoms with Crippen LogP contribution in [-0.2, 0) is 0 Å². The molecule has 0 unspecified atom stereocenters. The molecule has 0 aliphatic carbocycles. The molecule has 0 aromatic rings. The van der Waals surface area contributed by atoms with E-state index in [9.17, 15) is 0 Å². The topological polar surface area (TPSA) is 52.0 Å². The number of hydrogen-bond acceptors (Lipinski definition) is 2. The maximum absolute atomic E-state index is 6.88. The minimum absolute atomic E-state index is 0.645. The van der Waals surface area contributed by atoms with Gasteiger partial charge in [0.2, 0.25) is 0 Å². The molecule has 0 rings (SSSR count). The second kappa shape index (κ2) is 13.4. The van der Waals surface area contributed by atoms with Gasteiger partial charge in [-0.2, -0.15) is 0 Å². The molecule has 0 aliphatic rings. The Morgan fingerprint density at radius 3 is 1.35 bits per heavy atom. The minimum atomic E-state index is 0.645. The SMILES string of the molecule is CC(C)CC(CC(C)C)=C(N)C(CCCCN)=C(CC(C)C)CC(C)C. The molecule has 0 fully saturated rings. The van der Waals surface area contributed by atoms with Crippen LogP contribution in [-0.4, -0.2) is 6.54 Å². The van der Waals surface area contributed by atoms with Gasteiger partial charge in [-0.3, -0.25) is 0 Å². The normalized spacial score (nSPS) is 11.7. The lowest BCUT2D eigenvalue weighted by Gasteiger charge is -2.23. The van der Waals surface area contributed by atoms with Crippen LogP contribution in [0.4, 0.5) is 0 Å². The summed E-state index contributed by atoms with van der Waals surface area (Å²) in [4.78, 5) is 0. The van der Waals surface area contributed by atoms with Gasteiger partial charge in [0.25, 0.3) is 0 Å². The molecule has 0 bridgehead atoms. The standard InChI is InChI=1S/C24H48N2/c1-17(2)13-21(14-18(3)4)23(11-9-10-12-25)24(26)22(15-19(5)6)16-20(7)8/h17-20H,9-16,25-26H2,1-8H3. The third-order valence-electron chi connectivity index (χ3n) is 4.63. The molecule has 0 amide bonds. The van der Waals surface area contributed by atoms with Crippen molar-refractivity contribution in [3.05, 3.63) is 22.4 Å².